The number of carbonyl (C=O) groups excluding carboxylic acids is 3. The lowest BCUT2D eigenvalue weighted by molar-refractivity contribution is -0.182. The molecule has 0 aromatic rings. The Labute approximate surface area is 147 Å². The molecule has 0 spiro atoms. The van der Waals surface area contributed by atoms with E-state index in [1.165, 1.54) is 10.9 Å². The maximum atomic E-state index is 11.7. The van der Waals surface area contributed by atoms with Crippen molar-refractivity contribution in [3.63, 3.8) is 0 Å². The molecule has 2 aliphatic rings. The average Bonchev–Trinajstić information content (AvgIpc) is 2.48. The average molecular weight is 353 g/mol. The van der Waals surface area contributed by atoms with Crippen LogP contribution in [0.15, 0.2) is 12.1 Å². The molecule has 138 valence electrons. The molecule has 3 atom stereocenters. The third kappa shape index (κ3) is 5.05. The highest BCUT2D eigenvalue weighted by molar-refractivity contribution is 6.54. The molecule has 25 heavy (non-hydrogen) atoms. The van der Waals surface area contributed by atoms with E-state index in [2.05, 4.69) is 0 Å². The molecule has 2 heterocycles. The minimum absolute atomic E-state index is 0.00949. The van der Waals surface area contributed by atoms with Crippen molar-refractivity contribution in [1.29, 1.82) is 0 Å². The zero-order chi connectivity index (χ0) is 18.6. The van der Waals surface area contributed by atoms with E-state index in [1.54, 1.807) is 13.1 Å². The molecule has 8 nitrogen and oxygen atoms in total. The molecule has 0 unspecified atom stereocenters. The molecule has 0 aromatic carbocycles. The van der Waals surface area contributed by atoms with Gasteiger partial charge in [0.1, 0.15) is 6.10 Å². The Balaban J connectivity index is 2.01. The van der Waals surface area contributed by atoms with Gasteiger partial charge in [-0.25, -0.2) is 0 Å². The number of hydrogen-bond donors (Lipinski definition) is 1. The summed E-state index contributed by atoms with van der Waals surface area (Å²) in [5.41, 5.74) is -1.25. The number of likely N-dealkylation sites (N-methyl/N-ethyl adjacent to an activating group) is 1. The second-order valence-electron chi connectivity index (χ2n) is 6.66. The maximum Gasteiger partial charge on any atom is 0.628 e. The smallest absolute Gasteiger partial charge is 0.495 e. The molecule has 0 aromatic heterocycles. The van der Waals surface area contributed by atoms with Crippen LogP contribution in [-0.4, -0.2) is 66.9 Å². The van der Waals surface area contributed by atoms with Crippen molar-refractivity contribution >= 4 is 25.0 Å². The van der Waals surface area contributed by atoms with Crippen molar-refractivity contribution in [1.82, 2.24) is 4.90 Å². The van der Waals surface area contributed by atoms with Gasteiger partial charge in [0.2, 0.25) is 0 Å². The fraction of sp³-hybridized carbons (Fsp3) is 0.688. The van der Waals surface area contributed by atoms with Gasteiger partial charge in [0.05, 0.1) is 25.1 Å². The summed E-state index contributed by atoms with van der Waals surface area (Å²) in [5, 5.41) is 10.8. The predicted octanol–water partition coefficient (Wildman–Crippen LogP) is 0.0846. The molecule has 0 radical (unpaired) electrons. The van der Waals surface area contributed by atoms with Gasteiger partial charge in [0.15, 0.2) is 0 Å². The first-order chi connectivity index (χ1) is 11.7. The fourth-order valence-electron chi connectivity index (χ4n) is 3.08. The normalized spacial score (nSPS) is 32.0. The molecular formula is C16H24BNO7. The summed E-state index contributed by atoms with van der Waals surface area (Å²) < 4.78 is 15.4. The second-order valence-corrected chi connectivity index (χ2v) is 6.66. The Kier molecular flexibility index (Phi) is 6.23. The zero-order valence-electron chi connectivity index (χ0n) is 14.8. The number of aliphatic hydroxyl groups is 1. The standard InChI is InChI=1S/C16H24BNO7/c1-4-12-11(2)16(22,8-13(19)23-12)6-5-7-17-24-14(20)9-18(3)10-15(21)25-17/h5,7,11-12,22H,4,6,8-10H2,1-3H3/b7-5+/t11-,12-,16-/m0/s1. The number of rotatable bonds is 4. The molecular weight excluding hydrogens is 329 g/mol. The number of esters is 1. The number of hydrogen-bond acceptors (Lipinski definition) is 8. The highest BCUT2D eigenvalue weighted by atomic mass is 16.6. The Morgan fingerprint density at radius 1 is 1.24 bits per heavy atom. The topological polar surface area (TPSA) is 102 Å². The van der Waals surface area contributed by atoms with E-state index in [4.69, 9.17) is 14.0 Å². The molecule has 9 heteroatoms. The molecule has 0 amide bonds. The van der Waals surface area contributed by atoms with Gasteiger partial charge >= 0.3 is 25.0 Å². The number of carbonyl (C=O) groups is 3. The van der Waals surface area contributed by atoms with Gasteiger partial charge < -0.3 is 19.2 Å². The molecule has 0 bridgehead atoms. The van der Waals surface area contributed by atoms with E-state index < -0.39 is 30.6 Å². The lowest BCUT2D eigenvalue weighted by Crippen LogP contribution is -2.50. The third-order valence-electron chi connectivity index (χ3n) is 4.60. The van der Waals surface area contributed by atoms with Crippen LogP contribution in [-0.2, 0) is 28.4 Å². The molecule has 1 N–H and O–H groups in total. The third-order valence-corrected chi connectivity index (χ3v) is 4.60. The van der Waals surface area contributed by atoms with Crippen LogP contribution < -0.4 is 0 Å². The van der Waals surface area contributed by atoms with Gasteiger partial charge in [-0.2, -0.15) is 0 Å². The van der Waals surface area contributed by atoms with E-state index in [-0.39, 0.29) is 38.0 Å². The van der Waals surface area contributed by atoms with Crippen LogP contribution in [0.5, 0.6) is 0 Å². The highest BCUT2D eigenvalue weighted by Crippen LogP contribution is 2.35. The molecule has 0 aliphatic carbocycles. The fourth-order valence-corrected chi connectivity index (χ4v) is 3.08. The quantitative estimate of drug-likeness (QED) is 0.560. The van der Waals surface area contributed by atoms with Gasteiger partial charge in [-0.15, -0.1) is 0 Å². The van der Waals surface area contributed by atoms with Crippen molar-refractivity contribution in [2.24, 2.45) is 5.92 Å². The van der Waals surface area contributed by atoms with Gasteiger partial charge in [0, 0.05) is 5.92 Å². The van der Waals surface area contributed by atoms with Crippen molar-refractivity contribution < 1.29 is 33.5 Å². The Morgan fingerprint density at radius 2 is 1.84 bits per heavy atom. The van der Waals surface area contributed by atoms with Gasteiger partial charge in [-0.05, 0) is 25.9 Å². The Bertz CT molecular complexity index is 547. The number of ether oxygens (including phenoxy) is 1. The first kappa shape index (κ1) is 19.5. The highest BCUT2D eigenvalue weighted by Gasteiger charge is 2.45. The zero-order valence-corrected chi connectivity index (χ0v) is 14.8. The summed E-state index contributed by atoms with van der Waals surface area (Å²) >= 11 is 0. The van der Waals surface area contributed by atoms with E-state index in [0.717, 1.165) is 0 Å². The lowest BCUT2D eigenvalue weighted by atomic mass is 9.76. The summed E-state index contributed by atoms with van der Waals surface area (Å²) in [6.07, 6.45) is 1.89. The van der Waals surface area contributed by atoms with Crippen molar-refractivity contribution in [2.75, 3.05) is 20.1 Å². The summed E-state index contributed by atoms with van der Waals surface area (Å²) in [5.74, 6) is -0.288. The van der Waals surface area contributed by atoms with Gasteiger partial charge in [-0.1, -0.05) is 19.9 Å². The summed E-state index contributed by atoms with van der Waals surface area (Å²) in [6, 6.07) is 0. The minimum atomic E-state index is -1.25. The van der Waals surface area contributed by atoms with Crippen molar-refractivity contribution in [3.8, 4) is 0 Å². The molecule has 2 rings (SSSR count). The largest absolute Gasteiger partial charge is 0.628 e. The van der Waals surface area contributed by atoms with E-state index in [9.17, 15) is 19.5 Å². The number of cyclic esters (lactones) is 1. The van der Waals surface area contributed by atoms with Crippen LogP contribution in [0.4, 0.5) is 0 Å². The van der Waals surface area contributed by atoms with Gasteiger partial charge in [0.25, 0.3) is 0 Å². The van der Waals surface area contributed by atoms with Crippen molar-refractivity contribution in [2.45, 2.75) is 44.8 Å². The first-order valence-electron chi connectivity index (χ1n) is 8.39. The Morgan fingerprint density at radius 3 is 2.40 bits per heavy atom. The van der Waals surface area contributed by atoms with Crippen LogP contribution in [0.25, 0.3) is 0 Å². The van der Waals surface area contributed by atoms with E-state index in [0.29, 0.717) is 6.42 Å². The van der Waals surface area contributed by atoms with Crippen LogP contribution in [0.2, 0.25) is 0 Å². The maximum absolute atomic E-state index is 11.7. The predicted molar refractivity (Wildman–Crippen MR) is 88.1 cm³/mol. The summed E-state index contributed by atoms with van der Waals surface area (Å²) in [6.45, 7) is 3.70. The van der Waals surface area contributed by atoms with Gasteiger partial charge in [-0.3, -0.25) is 19.3 Å². The lowest BCUT2D eigenvalue weighted by Gasteiger charge is -2.41. The number of nitrogens with zero attached hydrogens (tertiary/aromatic N) is 1. The minimum Gasteiger partial charge on any atom is -0.495 e. The first-order valence-corrected chi connectivity index (χ1v) is 8.39. The van der Waals surface area contributed by atoms with Crippen LogP contribution in [0.1, 0.15) is 33.1 Å². The summed E-state index contributed by atoms with van der Waals surface area (Å²) in [7, 11) is 0.479. The van der Waals surface area contributed by atoms with Crippen LogP contribution in [0.3, 0.4) is 0 Å². The van der Waals surface area contributed by atoms with Crippen LogP contribution in [0, 0.1) is 5.92 Å². The van der Waals surface area contributed by atoms with Crippen molar-refractivity contribution in [3.05, 3.63) is 12.1 Å². The molecule has 0 saturated carbocycles. The Hall–Kier alpha value is -1.87. The van der Waals surface area contributed by atoms with E-state index in [1.807, 2.05) is 13.8 Å². The molecule has 2 aliphatic heterocycles. The van der Waals surface area contributed by atoms with E-state index >= 15 is 0 Å². The monoisotopic (exact) mass is 353 g/mol. The molecule has 2 saturated heterocycles. The molecule has 2 fully saturated rings. The summed E-state index contributed by atoms with van der Waals surface area (Å²) in [4.78, 5) is 36.5. The van der Waals surface area contributed by atoms with Crippen LogP contribution >= 0.6 is 0 Å². The second kappa shape index (κ2) is 8.01. The SMILES string of the molecule is CC[C@@H]1OC(=O)C[C@@](O)(C/C=C/B2OC(=O)CN(C)CC(=O)O2)[C@H]1C.